The Morgan fingerprint density at radius 2 is 2.07 bits per heavy atom. The van der Waals surface area contributed by atoms with Gasteiger partial charge in [-0.25, -0.2) is 9.97 Å². The number of hydrogen-bond donors (Lipinski definition) is 2. The molecule has 0 unspecified atom stereocenters. The number of anilines is 2. The largest absolute Gasteiger partial charge is 0.326 e. The van der Waals surface area contributed by atoms with Crippen molar-refractivity contribution in [1.82, 2.24) is 9.97 Å². The Balaban J connectivity index is 1.54. The molecule has 1 aromatic carbocycles. The van der Waals surface area contributed by atoms with E-state index in [9.17, 15) is 9.59 Å². The van der Waals surface area contributed by atoms with E-state index >= 15 is 0 Å². The number of thiazole rings is 2. The van der Waals surface area contributed by atoms with Gasteiger partial charge in [0, 0.05) is 23.1 Å². The van der Waals surface area contributed by atoms with Crippen molar-refractivity contribution in [3.63, 3.8) is 0 Å². The van der Waals surface area contributed by atoms with Gasteiger partial charge in [-0.1, -0.05) is 6.07 Å². The number of hydrogen-bond acceptors (Lipinski definition) is 6. The lowest BCUT2D eigenvalue weighted by atomic mass is 10.0. The van der Waals surface area contributed by atoms with Crippen molar-refractivity contribution in [1.29, 1.82) is 0 Å². The average molecular weight is 399 g/mol. The lowest BCUT2D eigenvalue weighted by molar-refractivity contribution is -0.116. The molecule has 2 amide bonds. The fraction of sp³-hybridized carbons (Fsp3) is 0.263. The van der Waals surface area contributed by atoms with Crippen LogP contribution in [0.25, 0.3) is 11.3 Å². The van der Waals surface area contributed by atoms with Crippen LogP contribution in [0.15, 0.2) is 23.6 Å². The molecule has 3 heterocycles. The van der Waals surface area contributed by atoms with Crippen LogP contribution in [0.3, 0.4) is 0 Å². The summed E-state index contributed by atoms with van der Waals surface area (Å²) in [4.78, 5) is 33.6. The van der Waals surface area contributed by atoms with Crippen molar-refractivity contribution in [3.05, 3.63) is 44.7 Å². The third-order valence-electron chi connectivity index (χ3n) is 4.36. The molecule has 2 aromatic heterocycles. The zero-order valence-corrected chi connectivity index (χ0v) is 16.6. The van der Waals surface area contributed by atoms with Crippen LogP contribution in [-0.4, -0.2) is 21.8 Å². The molecule has 0 atom stereocenters. The van der Waals surface area contributed by atoms with Gasteiger partial charge in [-0.2, -0.15) is 0 Å². The van der Waals surface area contributed by atoms with E-state index < -0.39 is 0 Å². The first-order valence-electron chi connectivity index (χ1n) is 8.63. The first-order chi connectivity index (χ1) is 13.0. The number of nitrogens with zero attached hydrogens (tertiary/aromatic N) is 2. The van der Waals surface area contributed by atoms with Gasteiger partial charge in [0.1, 0.15) is 4.88 Å². The highest BCUT2D eigenvalue weighted by atomic mass is 32.1. The number of benzene rings is 1. The minimum atomic E-state index is -0.177. The second kappa shape index (κ2) is 7.21. The summed E-state index contributed by atoms with van der Waals surface area (Å²) in [6, 6.07) is 5.94. The van der Waals surface area contributed by atoms with Gasteiger partial charge in [-0.15, -0.1) is 22.7 Å². The summed E-state index contributed by atoms with van der Waals surface area (Å²) in [6.07, 6.45) is 2.25. The summed E-state index contributed by atoms with van der Waals surface area (Å²) in [7, 11) is 0. The number of nitrogens with one attached hydrogen (secondary N) is 2. The highest BCUT2D eigenvalue weighted by molar-refractivity contribution is 7.15. The highest BCUT2D eigenvalue weighted by Gasteiger charge is 2.17. The van der Waals surface area contributed by atoms with E-state index in [4.69, 9.17) is 0 Å². The smallest absolute Gasteiger partial charge is 0.269 e. The number of carbonyl (C=O) groups is 2. The molecule has 0 saturated heterocycles. The van der Waals surface area contributed by atoms with Gasteiger partial charge in [0.25, 0.3) is 5.91 Å². The predicted octanol–water partition coefficient (Wildman–Crippen LogP) is 4.41. The number of aromatic nitrogens is 2. The second-order valence-electron chi connectivity index (χ2n) is 6.41. The molecule has 0 fully saturated rings. The quantitative estimate of drug-likeness (QED) is 0.684. The standard InChI is InChI=1S/C19H18N4O2S2/c1-10-17(27-11(2)20-10)18(25)23-19-22-15(9-26-19)13-6-7-14-12(8-13)4-3-5-16(24)21-14/h6-9H,3-5H2,1-2H3,(H,21,24)(H,22,23,25). The number of amides is 2. The first-order valence-corrected chi connectivity index (χ1v) is 10.3. The van der Waals surface area contributed by atoms with E-state index in [1.807, 2.05) is 31.4 Å². The Morgan fingerprint density at radius 1 is 1.22 bits per heavy atom. The van der Waals surface area contributed by atoms with Crippen LogP contribution in [0.4, 0.5) is 10.8 Å². The van der Waals surface area contributed by atoms with E-state index in [0.29, 0.717) is 16.4 Å². The van der Waals surface area contributed by atoms with Crippen molar-refractivity contribution in [2.75, 3.05) is 10.6 Å². The van der Waals surface area contributed by atoms with E-state index in [1.54, 1.807) is 0 Å². The number of aryl methyl sites for hydroxylation is 3. The predicted molar refractivity (Wildman–Crippen MR) is 109 cm³/mol. The molecular formula is C19H18N4O2S2. The summed E-state index contributed by atoms with van der Waals surface area (Å²) >= 11 is 2.78. The molecule has 0 radical (unpaired) electrons. The molecule has 0 spiro atoms. The Kier molecular flexibility index (Phi) is 4.75. The van der Waals surface area contributed by atoms with Crippen LogP contribution < -0.4 is 10.6 Å². The van der Waals surface area contributed by atoms with E-state index in [2.05, 4.69) is 26.7 Å². The van der Waals surface area contributed by atoms with Gasteiger partial charge in [-0.3, -0.25) is 14.9 Å². The van der Waals surface area contributed by atoms with E-state index in [-0.39, 0.29) is 11.8 Å². The van der Waals surface area contributed by atoms with Crippen molar-refractivity contribution in [2.24, 2.45) is 0 Å². The molecule has 1 aliphatic rings. The summed E-state index contributed by atoms with van der Waals surface area (Å²) in [5.41, 5.74) is 4.52. The molecule has 8 heteroatoms. The van der Waals surface area contributed by atoms with Gasteiger partial charge in [0.2, 0.25) is 5.91 Å². The van der Waals surface area contributed by atoms with Gasteiger partial charge < -0.3 is 5.32 Å². The number of rotatable bonds is 3. The van der Waals surface area contributed by atoms with Crippen LogP contribution in [0, 0.1) is 13.8 Å². The fourth-order valence-corrected chi connectivity index (χ4v) is 4.62. The third-order valence-corrected chi connectivity index (χ3v) is 6.19. The molecule has 0 bridgehead atoms. The van der Waals surface area contributed by atoms with Crippen LogP contribution in [0.1, 0.15) is 38.8 Å². The van der Waals surface area contributed by atoms with Gasteiger partial charge in [0.15, 0.2) is 5.13 Å². The van der Waals surface area contributed by atoms with Crippen LogP contribution in [0.2, 0.25) is 0 Å². The summed E-state index contributed by atoms with van der Waals surface area (Å²) in [5.74, 6) is -0.114. The van der Waals surface area contributed by atoms with Crippen molar-refractivity contribution in [3.8, 4) is 11.3 Å². The lowest BCUT2D eigenvalue weighted by Gasteiger charge is -2.08. The average Bonchev–Trinajstić information content (AvgIpc) is 3.16. The molecule has 138 valence electrons. The van der Waals surface area contributed by atoms with Crippen molar-refractivity contribution in [2.45, 2.75) is 33.1 Å². The molecule has 3 aromatic rings. The minimum Gasteiger partial charge on any atom is -0.326 e. The Morgan fingerprint density at radius 3 is 2.85 bits per heavy atom. The Hall–Kier alpha value is -2.58. The van der Waals surface area contributed by atoms with Gasteiger partial charge in [0.05, 0.1) is 16.4 Å². The number of fused-ring (bicyclic) bond motifs is 1. The summed E-state index contributed by atoms with van der Waals surface area (Å²) in [5, 5.41) is 9.16. The maximum Gasteiger partial charge on any atom is 0.269 e. The summed E-state index contributed by atoms with van der Waals surface area (Å²) < 4.78 is 0. The minimum absolute atomic E-state index is 0.0637. The Labute approximate surface area is 164 Å². The van der Waals surface area contributed by atoms with Gasteiger partial charge in [-0.05, 0) is 44.4 Å². The van der Waals surface area contributed by atoms with Crippen molar-refractivity contribution < 1.29 is 9.59 Å². The topological polar surface area (TPSA) is 84.0 Å². The maximum absolute atomic E-state index is 12.4. The molecule has 0 aliphatic carbocycles. The lowest BCUT2D eigenvalue weighted by Crippen LogP contribution is -2.11. The van der Waals surface area contributed by atoms with E-state index in [0.717, 1.165) is 46.1 Å². The number of carbonyl (C=O) groups excluding carboxylic acids is 2. The molecule has 6 nitrogen and oxygen atoms in total. The molecule has 4 rings (SSSR count). The monoisotopic (exact) mass is 398 g/mol. The first kappa shape index (κ1) is 17.8. The van der Waals surface area contributed by atoms with Crippen LogP contribution in [0.5, 0.6) is 0 Å². The highest BCUT2D eigenvalue weighted by Crippen LogP contribution is 2.30. The second-order valence-corrected chi connectivity index (χ2v) is 8.47. The fourth-order valence-electron chi connectivity index (χ4n) is 3.09. The zero-order valence-electron chi connectivity index (χ0n) is 15.0. The molecule has 0 saturated carbocycles. The van der Waals surface area contributed by atoms with E-state index in [1.165, 1.54) is 22.7 Å². The van der Waals surface area contributed by atoms with Crippen LogP contribution >= 0.6 is 22.7 Å². The third kappa shape index (κ3) is 3.77. The van der Waals surface area contributed by atoms with Crippen LogP contribution in [-0.2, 0) is 11.2 Å². The molecular weight excluding hydrogens is 380 g/mol. The summed E-state index contributed by atoms with van der Waals surface area (Å²) in [6.45, 7) is 3.72. The van der Waals surface area contributed by atoms with Crippen molar-refractivity contribution >= 4 is 45.3 Å². The molecule has 2 N–H and O–H groups in total. The van der Waals surface area contributed by atoms with Gasteiger partial charge >= 0.3 is 0 Å². The molecule has 27 heavy (non-hydrogen) atoms. The maximum atomic E-state index is 12.4. The molecule has 1 aliphatic heterocycles. The Bertz CT molecular complexity index is 1040. The SMILES string of the molecule is Cc1nc(C)c(C(=O)Nc2nc(-c3ccc4c(c3)CCCC(=O)N4)cs2)s1. The normalized spacial score (nSPS) is 13.6. The zero-order chi connectivity index (χ0) is 19.0.